The topological polar surface area (TPSA) is 68.2 Å². The van der Waals surface area contributed by atoms with Gasteiger partial charge in [-0.05, 0) is 51.9 Å². The monoisotopic (exact) mass is 392 g/mol. The fraction of sp³-hybridized carbons (Fsp3) is 0.500. The van der Waals surface area contributed by atoms with Crippen LogP contribution in [0.5, 0.6) is 0 Å². The van der Waals surface area contributed by atoms with Crippen LogP contribution in [0.25, 0.3) is 5.69 Å². The summed E-state index contributed by atoms with van der Waals surface area (Å²) in [5.41, 5.74) is 3.23. The molecule has 1 aromatic carbocycles. The number of carbonyl (C=O) groups is 1. The summed E-state index contributed by atoms with van der Waals surface area (Å²) in [6, 6.07) is 9.89. The summed E-state index contributed by atoms with van der Waals surface area (Å²) in [6.07, 6.45) is 2.00. The third-order valence-corrected chi connectivity index (χ3v) is 5.26. The van der Waals surface area contributed by atoms with Crippen LogP contribution in [-0.2, 0) is 4.74 Å². The zero-order chi connectivity index (χ0) is 18.6. The predicted molar refractivity (Wildman–Crippen MR) is 109 cm³/mol. The zero-order valence-corrected chi connectivity index (χ0v) is 17.1. The van der Waals surface area contributed by atoms with Crippen LogP contribution in [0, 0.1) is 19.3 Å². The number of hydrogen-bond acceptors (Lipinski definition) is 4. The molecule has 6 nitrogen and oxygen atoms in total. The number of amides is 1. The minimum Gasteiger partial charge on any atom is -0.384 e. The van der Waals surface area contributed by atoms with E-state index in [0.29, 0.717) is 18.7 Å². The van der Waals surface area contributed by atoms with Gasteiger partial charge in [0.25, 0.3) is 5.91 Å². The van der Waals surface area contributed by atoms with Gasteiger partial charge in [0.05, 0.1) is 29.2 Å². The van der Waals surface area contributed by atoms with E-state index in [9.17, 15) is 4.79 Å². The molecule has 0 bridgehead atoms. The smallest absolute Gasteiger partial charge is 0.255 e. The first-order chi connectivity index (χ1) is 12.6. The predicted octanol–water partition coefficient (Wildman–Crippen LogP) is 2.66. The van der Waals surface area contributed by atoms with E-state index in [1.165, 1.54) is 0 Å². The Morgan fingerprint density at radius 3 is 2.56 bits per heavy atom. The van der Waals surface area contributed by atoms with Crippen LogP contribution in [0.3, 0.4) is 0 Å². The second kappa shape index (κ2) is 9.35. The molecule has 2 aromatic rings. The first-order valence-corrected chi connectivity index (χ1v) is 9.16. The number of para-hydroxylation sites is 1. The number of halogens is 1. The van der Waals surface area contributed by atoms with E-state index in [-0.39, 0.29) is 23.7 Å². The number of aromatic nitrogens is 2. The Morgan fingerprint density at radius 2 is 1.93 bits per heavy atom. The average molecular weight is 393 g/mol. The van der Waals surface area contributed by atoms with Gasteiger partial charge in [-0.15, -0.1) is 12.4 Å². The van der Waals surface area contributed by atoms with Crippen molar-refractivity contribution < 1.29 is 9.53 Å². The second-order valence-electron chi connectivity index (χ2n) is 7.16. The van der Waals surface area contributed by atoms with Gasteiger partial charge < -0.3 is 15.4 Å². The van der Waals surface area contributed by atoms with Gasteiger partial charge in [-0.2, -0.15) is 5.10 Å². The lowest BCUT2D eigenvalue weighted by atomic mass is 9.79. The van der Waals surface area contributed by atoms with Crippen molar-refractivity contribution in [2.75, 3.05) is 33.4 Å². The Bertz CT molecular complexity index is 749. The SMILES string of the molecule is COCC1(CNC(=O)c2c(C)nn(-c3ccccc3)c2C)CCNCC1.Cl. The highest BCUT2D eigenvalue weighted by Gasteiger charge is 2.33. The number of benzene rings is 1. The van der Waals surface area contributed by atoms with Gasteiger partial charge in [0.2, 0.25) is 0 Å². The number of piperidine rings is 1. The Hall–Kier alpha value is -1.89. The molecule has 0 saturated carbocycles. The van der Waals surface area contributed by atoms with Crippen molar-refractivity contribution in [3.05, 3.63) is 47.3 Å². The quantitative estimate of drug-likeness (QED) is 0.793. The van der Waals surface area contributed by atoms with Gasteiger partial charge in [0.15, 0.2) is 0 Å². The van der Waals surface area contributed by atoms with Crippen molar-refractivity contribution in [3.63, 3.8) is 0 Å². The number of ether oxygens (including phenoxy) is 1. The molecule has 1 amide bonds. The molecule has 0 unspecified atom stereocenters. The molecule has 1 aliphatic heterocycles. The van der Waals surface area contributed by atoms with Crippen molar-refractivity contribution >= 4 is 18.3 Å². The molecule has 1 aliphatic rings. The fourth-order valence-electron chi connectivity index (χ4n) is 3.78. The van der Waals surface area contributed by atoms with Crippen molar-refractivity contribution in [2.45, 2.75) is 26.7 Å². The molecule has 7 heteroatoms. The summed E-state index contributed by atoms with van der Waals surface area (Å²) in [6.45, 7) is 7.04. The molecule has 0 aliphatic carbocycles. The minimum absolute atomic E-state index is 0. The lowest BCUT2D eigenvalue weighted by Crippen LogP contribution is -2.47. The zero-order valence-electron chi connectivity index (χ0n) is 16.2. The van der Waals surface area contributed by atoms with Crippen LogP contribution >= 0.6 is 12.4 Å². The van der Waals surface area contributed by atoms with Gasteiger partial charge in [0.1, 0.15) is 0 Å². The van der Waals surface area contributed by atoms with Crippen LogP contribution in [-0.4, -0.2) is 49.0 Å². The van der Waals surface area contributed by atoms with Crippen LogP contribution in [0.4, 0.5) is 0 Å². The number of carbonyl (C=O) groups excluding carboxylic acids is 1. The average Bonchev–Trinajstić information content (AvgIpc) is 2.96. The third-order valence-electron chi connectivity index (χ3n) is 5.26. The standard InChI is InChI=1S/C20H28N4O2.ClH/c1-15-18(16(2)24(23-15)17-7-5-4-6-8-17)19(25)22-13-20(14-26-3)9-11-21-12-10-20;/h4-8,21H,9-14H2,1-3H3,(H,22,25);1H. The molecular weight excluding hydrogens is 364 g/mol. The van der Waals surface area contributed by atoms with E-state index in [1.807, 2.05) is 48.9 Å². The third kappa shape index (κ3) is 4.69. The highest BCUT2D eigenvalue weighted by molar-refractivity contribution is 5.96. The van der Waals surface area contributed by atoms with E-state index in [2.05, 4.69) is 15.7 Å². The Labute approximate surface area is 167 Å². The summed E-state index contributed by atoms with van der Waals surface area (Å²) in [7, 11) is 1.73. The molecule has 1 aromatic heterocycles. The molecule has 0 radical (unpaired) electrons. The van der Waals surface area contributed by atoms with Crippen LogP contribution in [0.1, 0.15) is 34.6 Å². The maximum Gasteiger partial charge on any atom is 0.255 e. The second-order valence-corrected chi connectivity index (χ2v) is 7.16. The number of nitrogens with zero attached hydrogens (tertiary/aromatic N) is 2. The molecule has 2 heterocycles. The Balaban J connectivity index is 0.00000261. The Kier molecular flexibility index (Phi) is 7.41. The lowest BCUT2D eigenvalue weighted by molar-refractivity contribution is 0.0511. The molecule has 0 spiro atoms. The van der Waals surface area contributed by atoms with Crippen LogP contribution < -0.4 is 10.6 Å². The molecule has 27 heavy (non-hydrogen) atoms. The maximum atomic E-state index is 12.9. The Morgan fingerprint density at radius 1 is 1.26 bits per heavy atom. The molecule has 3 rings (SSSR count). The number of nitrogens with one attached hydrogen (secondary N) is 2. The van der Waals surface area contributed by atoms with Crippen molar-refractivity contribution in [3.8, 4) is 5.69 Å². The fourth-order valence-corrected chi connectivity index (χ4v) is 3.78. The molecule has 2 N–H and O–H groups in total. The summed E-state index contributed by atoms with van der Waals surface area (Å²) < 4.78 is 7.27. The van der Waals surface area contributed by atoms with Gasteiger partial charge in [0, 0.05) is 19.1 Å². The molecule has 148 valence electrons. The molecule has 0 atom stereocenters. The molecular formula is C20H29ClN4O2. The van der Waals surface area contributed by atoms with E-state index in [0.717, 1.165) is 43.0 Å². The number of hydrogen-bond donors (Lipinski definition) is 2. The van der Waals surface area contributed by atoms with Crippen molar-refractivity contribution in [2.24, 2.45) is 5.41 Å². The van der Waals surface area contributed by atoms with E-state index < -0.39 is 0 Å². The number of rotatable bonds is 6. The van der Waals surface area contributed by atoms with Gasteiger partial charge in [-0.3, -0.25) is 4.79 Å². The summed E-state index contributed by atoms with van der Waals surface area (Å²) in [5, 5.41) is 11.1. The van der Waals surface area contributed by atoms with Gasteiger partial charge in [-0.25, -0.2) is 4.68 Å². The number of methoxy groups -OCH3 is 1. The van der Waals surface area contributed by atoms with E-state index in [1.54, 1.807) is 7.11 Å². The lowest BCUT2D eigenvalue weighted by Gasteiger charge is -2.37. The van der Waals surface area contributed by atoms with E-state index >= 15 is 0 Å². The first kappa shape index (κ1) is 21.4. The largest absolute Gasteiger partial charge is 0.384 e. The van der Waals surface area contributed by atoms with Crippen molar-refractivity contribution in [1.82, 2.24) is 20.4 Å². The van der Waals surface area contributed by atoms with E-state index in [4.69, 9.17) is 4.74 Å². The molecule has 1 fully saturated rings. The number of aryl methyl sites for hydroxylation is 1. The first-order valence-electron chi connectivity index (χ1n) is 9.16. The highest BCUT2D eigenvalue weighted by Crippen LogP contribution is 2.28. The van der Waals surface area contributed by atoms with Crippen molar-refractivity contribution in [1.29, 1.82) is 0 Å². The summed E-state index contributed by atoms with van der Waals surface area (Å²) in [4.78, 5) is 12.9. The van der Waals surface area contributed by atoms with Gasteiger partial charge in [-0.1, -0.05) is 18.2 Å². The highest BCUT2D eigenvalue weighted by atomic mass is 35.5. The van der Waals surface area contributed by atoms with Crippen LogP contribution in [0.2, 0.25) is 0 Å². The van der Waals surface area contributed by atoms with Crippen LogP contribution in [0.15, 0.2) is 30.3 Å². The van der Waals surface area contributed by atoms with Gasteiger partial charge >= 0.3 is 0 Å². The molecule has 1 saturated heterocycles. The minimum atomic E-state index is -0.0591. The normalized spacial score (nSPS) is 15.8. The summed E-state index contributed by atoms with van der Waals surface area (Å²) in [5.74, 6) is -0.0591. The maximum absolute atomic E-state index is 12.9. The summed E-state index contributed by atoms with van der Waals surface area (Å²) >= 11 is 0.